The molecule has 2 nitrogen and oxygen atoms in total. The Morgan fingerprint density at radius 1 is 0.783 bits per heavy atom. The molecule has 128 valence electrons. The van der Waals surface area contributed by atoms with E-state index in [9.17, 15) is 4.79 Å². The third kappa shape index (κ3) is 24.1. The van der Waals surface area contributed by atoms with Gasteiger partial charge in [0.1, 0.15) is 0 Å². The molecule has 0 spiro atoms. The number of carboxylic acids is 1. The first-order valence-electron chi connectivity index (χ1n) is 9.00. The molecule has 0 bridgehead atoms. The SMILES string of the molecule is CCCCCCCCCCCCCC=CC=CC=CC(=O)O.[H-].[Na+]. The molecule has 23 heavy (non-hydrogen) atoms. The number of carbonyl (C=O) groups is 1. The zero-order valence-corrected chi connectivity index (χ0v) is 17.3. The fraction of sp³-hybridized carbons (Fsp3) is 0.650. The topological polar surface area (TPSA) is 37.3 Å². The van der Waals surface area contributed by atoms with Crippen molar-refractivity contribution in [3.63, 3.8) is 0 Å². The fourth-order valence-electron chi connectivity index (χ4n) is 2.37. The summed E-state index contributed by atoms with van der Waals surface area (Å²) in [5.74, 6) is -0.908. The van der Waals surface area contributed by atoms with Gasteiger partial charge in [-0.15, -0.1) is 0 Å². The van der Waals surface area contributed by atoms with E-state index in [1.54, 1.807) is 6.08 Å². The molecule has 0 aromatic heterocycles. The van der Waals surface area contributed by atoms with E-state index in [0.29, 0.717) is 0 Å². The summed E-state index contributed by atoms with van der Waals surface area (Å²) >= 11 is 0. The molecule has 0 aliphatic rings. The van der Waals surface area contributed by atoms with Crippen molar-refractivity contribution in [2.75, 3.05) is 0 Å². The number of carboxylic acid groups (broad SMARTS) is 1. The summed E-state index contributed by atoms with van der Waals surface area (Å²) in [6, 6.07) is 0. The molecule has 0 aliphatic carbocycles. The minimum atomic E-state index is -0.908. The summed E-state index contributed by atoms with van der Waals surface area (Å²) in [6.45, 7) is 2.27. The Labute approximate surface area is 166 Å². The van der Waals surface area contributed by atoms with Gasteiger partial charge in [-0.3, -0.25) is 0 Å². The summed E-state index contributed by atoms with van der Waals surface area (Å²) in [5, 5.41) is 8.40. The number of aliphatic carboxylic acids is 1. The summed E-state index contributed by atoms with van der Waals surface area (Å²) in [4.78, 5) is 10.2. The molecule has 0 saturated carbocycles. The maximum absolute atomic E-state index is 10.2. The van der Waals surface area contributed by atoms with Crippen molar-refractivity contribution in [1.29, 1.82) is 0 Å². The Kier molecular flexibility index (Phi) is 23.5. The fourth-order valence-corrected chi connectivity index (χ4v) is 2.37. The largest absolute Gasteiger partial charge is 1.00 e. The first kappa shape index (κ1) is 24.9. The van der Waals surface area contributed by atoms with Crippen LogP contribution in [0.1, 0.15) is 85.4 Å². The molecule has 0 rings (SSSR count). The Morgan fingerprint density at radius 2 is 1.26 bits per heavy atom. The standard InChI is InChI=1S/C20H34O2.Na.H/c1-2-3-4-5-6-7-8-9-10-11-12-13-14-15-16-17-18-19-20(21)22;;/h14-19H,2-13H2,1H3,(H,21,22);;/q;+1;-1. The van der Waals surface area contributed by atoms with Gasteiger partial charge in [0.05, 0.1) is 0 Å². The van der Waals surface area contributed by atoms with Gasteiger partial charge >= 0.3 is 35.5 Å². The Bertz CT molecular complexity index is 339. The molecule has 0 aromatic rings. The number of hydrogen-bond donors (Lipinski definition) is 1. The van der Waals surface area contributed by atoms with Gasteiger partial charge in [0.2, 0.25) is 0 Å². The molecule has 0 heterocycles. The second-order valence-electron chi connectivity index (χ2n) is 5.83. The first-order valence-corrected chi connectivity index (χ1v) is 9.00. The molecule has 0 radical (unpaired) electrons. The molecule has 3 heteroatoms. The van der Waals surface area contributed by atoms with Gasteiger partial charge in [-0.2, -0.15) is 0 Å². The van der Waals surface area contributed by atoms with Crippen LogP contribution in [0.4, 0.5) is 0 Å². The molecule has 0 fully saturated rings. The Balaban J connectivity index is -0.00000220. The number of allylic oxidation sites excluding steroid dienone is 5. The van der Waals surface area contributed by atoms with E-state index in [4.69, 9.17) is 5.11 Å². The van der Waals surface area contributed by atoms with Crippen LogP contribution in [0.2, 0.25) is 0 Å². The average Bonchev–Trinajstić information content (AvgIpc) is 2.50. The van der Waals surface area contributed by atoms with E-state index in [1.807, 2.05) is 12.2 Å². The van der Waals surface area contributed by atoms with E-state index in [2.05, 4.69) is 13.0 Å². The van der Waals surface area contributed by atoms with Gasteiger partial charge in [-0.1, -0.05) is 102 Å². The van der Waals surface area contributed by atoms with Crippen molar-refractivity contribution in [2.45, 2.75) is 84.0 Å². The summed E-state index contributed by atoms with van der Waals surface area (Å²) in [6.07, 6.45) is 26.7. The van der Waals surface area contributed by atoms with Crippen LogP contribution in [-0.4, -0.2) is 11.1 Å². The smallest absolute Gasteiger partial charge is 1.00 e. The van der Waals surface area contributed by atoms with Gasteiger partial charge in [0.15, 0.2) is 0 Å². The van der Waals surface area contributed by atoms with Gasteiger partial charge in [0, 0.05) is 6.08 Å². The van der Waals surface area contributed by atoms with E-state index in [0.717, 1.165) is 12.5 Å². The van der Waals surface area contributed by atoms with E-state index in [1.165, 1.54) is 76.7 Å². The molecule has 0 unspecified atom stereocenters. The maximum Gasteiger partial charge on any atom is 1.00 e. The van der Waals surface area contributed by atoms with Gasteiger partial charge in [0.25, 0.3) is 0 Å². The van der Waals surface area contributed by atoms with Gasteiger partial charge < -0.3 is 6.53 Å². The van der Waals surface area contributed by atoms with Crippen LogP contribution in [0.25, 0.3) is 0 Å². The normalized spacial score (nSPS) is 11.5. The molecular weight excluding hydrogens is 295 g/mol. The summed E-state index contributed by atoms with van der Waals surface area (Å²) in [5.41, 5.74) is 0. The van der Waals surface area contributed by atoms with Crippen LogP contribution in [-0.2, 0) is 4.79 Å². The van der Waals surface area contributed by atoms with Crippen LogP contribution in [0.15, 0.2) is 36.5 Å². The average molecular weight is 330 g/mol. The van der Waals surface area contributed by atoms with Gasteiger partial charge in [-0.25, -0.2) is 4.79 Å². The minimum absolute atomic E-state index is 0. The predicted molar refractivity (Wildman–Crippen MR) is 97.2 cm³/mol. The third-order valence-electron chi connectivity index (χ3n) is 3.68. The third-order valence-corrected chi connectivity index (χ3v) is 3.68. The van der Waals surface area contributed by atoms with Gasteiger partial charge in [-0.05, 0) is 12.8 Å². The van der Waals surface area contributed by atoms with Crippen LogP contribution in [0.5, 0.6) is 0 Å². The molecule has 0 atom stereocenters. The number of unbranched alkanes of at least 4 members (excludes halogenated alkanes) is 11. The predicted octanol–water partition coefficient (Wildman–Crippen LogP) is 3.56. The van der Waals surface area contributed by atoms with Crippen molar-refractivity contribution in [1.82, 2.24) is 0 Å². The molecule has 0 aliphatic heterocycles. The van der Waals surface area contributed by atoms with Crippen LogP contribution >= 0.6 is 0 Å². The quantitative estimate of drug-likeness (QED) is 0.216. The maximum atomic E-state index is 10.2. The molecule has 0 amide bonds. The molecule has 0 aromatic carbocycles. The van der Waals surface area contributed by atoms with E-state index < -0.39 is 5.97 Å². The van der Waals surface area contributed by atoms with Crippen molar-refractivity contribution in [2.24, 2.45) is 0 Å². The minimum Gasteiger partial charge on any atom is -1.00 e. The second-order valence-corrected chi connectivity index (χ2v) is 5.83. The summed E-state index contributed by atoms with van der Waals surface area (Å²) in [7, 11) is 0. The second kappa shape index (κ2) is 21.7. The number of rotatable bonds is 15. The number of hydrogen-bond acceptors (Lipinski definition) is 1. The zero-order chi connectivity index (χ0) is 16.3. The van der Waals surface area contributed by atoms with Crippen molar-refractivity contribution in [3.8, 4) is 0 Å². The molecular formula is C20H35NaO2. The van der Waals surface area contributed by atoms with Crippen molar-refractivity contribution < 1.29 is 40.9 Å². The van der Waals surface area contributed by atoms with Crippen LogP contribution < -0.4 is 29.6 Å². The monoisotopic (exact) mass is 330 g/mol. The zero-order valence-electron chi connectivity index (χ0n) is 16.3. The van der Waals surface area contributed by atoms with Crippen molar-refractivity contribution >= 4 is 5.97 Å². The first-order chi connectivity index (χ1) is 10.8. The Hall–Kier alpha value is -0.310. The molecule has 0 saturated heterocycles. The van der Waals surface area contributed by atoms with E-state index >= 15 is 0 Å². The van der Waals surface area contributed by atoms with Crippen molar-refractivity contribution in [3.05, 3.63) is 36.5 Å². The van der Waals surface area contributed by atoms with E-state index in [-0.39, 0.29) is 31.0 Å². The van der Waals surface area contributed by atoms with Crippen LogP contribution in [0.3, 0.4) is 0 Å². The Morgan fingerprint density at radius 3 is 1.78 bits per heavy atom. The molecule has 1 N–H and O–H groups in total. The van der Waals surface area contributed by atoms with Crippen LogP contribution in [0, 0.1) is 0 Å². The summed E-state index contributed by atoms with van der Waals surface area (Å²) < 4.78 is 0.